The summed E-state index contributed by atoms with van der Waals surface area (Å²) in [6, 6.07) is 14.4. The molecule has 0 amide bonds. The van der Waals surface area contributed by atoms with Gasteiger partial charge in [0.1, 0.15) is 5.75 Å². The van der Waals surface area contributed by atoms with E-state index in [0.29, 0.717) is 6.61 Å². The van der Waals surface area contributed by atoms with Gasteiger partial charge in [0, 0.05) is 18.8 Å². The molecule has 0 aliphatic carbocycles. The van der Waals surface area contributed by atoms with Crippen LogP contribution in [0, 0.1) is 0 Å². The van der Waals surface area contributed by atoms with Gasteiger partial charge >= 0.3 is 0 Å². The lowest BCUT2D eigenvalue weighted by Crippen LogP contribution is -2.18. The van der Waals surface area contributed by atoms with Crippen molar-refractivity contribution in [3.8, 4) is 5.75 Å². The molecule has 0 radical (unpaired) electrons. The van der Waals surface area contributed by atoms with Gasteiger partial charge < -0.3 is 10.1 Å². The van der Waals surface area contributed by atoms with E-state index in [-0.39, 0.29) is 6.04 Å². The van der Waals surface area contributed by atoms with Crippen molar-refractivity contribution in [2.45, 2.75) is 26.4 Å². The third-order valence-corrected chi connectivity index (χ3v) is 2.95. The maximum atomic E-state index is 5.50. The average molecular weight is 256 g/mol. The Morgan fingerprint density at radius 3 is 2.84 bits per heavy atom. The molecule has 2 aromatic rings. The van der Waals surface area contributed by atoms with Gasteiger partial charge in [-0.05, 0) is 43.7 Å². The molecule has 0 aliphatic heterocycles. The molecule has 1 aromatic heterocycles. The van der Waals surface area contributed by atoms with Crippen LogP contribution in [-0.2, 0) is 6.54 Å². The van der Waals surface area contributed by atoms with Gasteiger partial charge in [0.15, 0.2) is 0 Å². The van der Waals surface area contributed by atoms with Crippen molar-refractivity contribution in [2.24, 2.45) is 0 Å². The number of pyridine rings is 1. The zero-order chi connectivity index (χ0) is 13.5. The van der Waals surface area contributed by atoms with Crippen LogP contribution in [0.25, 0.3) is 0 Å². The maximum absolute atomic E-state index is 5.50. The van der Waals surface area contributed by atoms with Crippen molar-refractivity contribution < 1.29 is 4.74 Å². The van der Waals surface area contributed by atoms with Crippen LogP contribution in [0.15, 0.2) is 48.7 Å². The zero-order valence-corrected chi connectivity index (χ0v) is 11.5. The van der Waals surface area contributed by atoms with Gasteiger partial charge in [0.25, 0.3) is 0 Å². The monoisotopic (exact) mass is 256 g/mol. The molecule has 1 N–H and O–H groups in total. The number of aromatic nitrogens is 1. The first kappa shape index (κ1) is 13.6. The molecule has 3 nitrogen and oxygen atoms in total. The van der Waals surface area contributed by atoms with Crippen LogP contribution in [0.3, 0.4) is 0 Å². The SMILES string of the molecule is CCOc1cccc(CN[C@H](C)c2ccccn2)c1. The lowest BCUT2D eigenvalue weighted by molar-refractivity contribution is 0.339. The number of hydrogen-bond acceptors (Lipinski definition) is 3. The number of nitrogens with zero attached hydrogens (tertiary/aromatic N) is 1. The highest BCUT2D eigenvalue weighted by molar-refractivity contribution is 5.28. The average Bonchev–Trinajstić information content (AvgIpc) is 2.46. The first-order chi connectivity index (χ1) is 9.29. The third-order valence-electron chi connectivity index (χ3n) is 2.95. The van der Waals surface area contributed by atoms with Crippen LogP contribution >= 0.6 is 0 Å². The first-order valence-corrected chi connectivity index (χ1v) is 6.65. The predicted octanol–water partition coefficient (Wildman–Crippen LogP) is 3.33. The van der Waals surface area contributed by atoms with Crippen LogP contribution in [0.1, 0.15) is 31.1 Å². The van der Waals surface area contributed by atoms with Gasteiger partial charge in [-0.25, -0.2) is 0 Å². The van der Waals surface area contributed by atoms with E-state index in [2.05, 4.69) is 29.4 Å². The van der Waals surface area contributed by atoms with Crippen molar-refractivity contribution in [1.82, 2.24) is 10.3 Å². The van der Waals surface area contributed by atoms with E-state index in [1.165, 1.54) is 5.56 Å². The molecule has 0 bridgehead atoms. The topological polar surface area (TPSA) is 34.1 Å². The normalized spacial score (nSPS) is 12.1. The lowest BCUT2D eigenvalue weighted by Gasteiger charge is -2.13. The third kappa shape index (κ3) is 4.07. The highest BCUT2D eigenvalue weighted by atomic mass is 16.5. The van der Waals surface area contributed by atoms with E-state index >= 15 is 0 Å². The van der Waals surface area contributed by atoms with Gasteiger partial charge in [-0.1, -0.05) is 18.2 Å². The molecule has 2 rings (SSSR count). The molecule has 19 heavy (non-hydrogen) atoms. The van der Waals surface area contributed by atoms with E-state index in [9.17, 15) is 0 Å². The summed E-state index contributed by atoms with van der Waals surface area (Å²) in [6.07, 6.45) is 1.82. The Kier molecular flexibility index (Phi) is 4.93. The second kappa shape index (κ2) is 6.90. The van der Waals surface area contributed by atoms with E-state index < -0.39 is 0 Å². The maximum Gasteiger partial charge on any atom is 0.119 e. The Morgan fingerprint density at radius 2 is 2.11 bits per heavy atom. The molecule has 0 saturated heterocycles. The summed E-state index contributed by atoms with van der Waals surface area (Å²) < 4.78 is 5.50. The Bertz CT molecular complexity index is 499. The smallest absolute Gasteiger partial charge is 0.119 e. The van der Waals surface area contributed by atoms with Crippen LogP contribution in [0.2, 0.25) is 0 Å². The molecule has 1 heterocycles. The minimum Gasteiger partial charge on any atom is -0.494 e. The number of rotatable bonds is 6. The number of ether oxygens (including phenoxy) is 1. The Morgan fingerprint density at radius 1 is 1.21 bits per heavy atom. The Labute approximate surface area is 114 Å². The van der Waals surface area contributed by atoms with Gasteiger partial charge in [-0.15, -0.1) is 0 Å². The molecule has 1 atom stereocenters. The molecule has 3 heteroatoms. The van der Waals surface area contributed by atoms with E-state index in [1.807, 2.05) is 43.5 Å². The van der Waals surface area contributed by atoms with Gasteiger partial charge in [0.2, 0.25) is 0 Å². The Balaban J connectivity index is 1.93. The number of nitrogens with one attached hydrogen (secondary N) is 1. The molecule has 1 aromatic carbocycles. The van der Waals surface area contributed by atoms with Crippen molar-refractivity contribution in [2.75, 3.05) is 6.61 Å². The number of hydrogen-bond donors (Lipinski definition) is 1. The first-order valence-electron chi connectivity index (χ1n) is 6.65. The fourth-order valence-electron chi connectivity index (χ4n) is 1.92. The van der Waals surface area contributed by atoms with Crippen LogP contribution in [-0.4, -0.2) is 11.6 Å². The molecular weight excluding hydrogens is 236 g/mol. The van der Waals surface area contributed by atoms with E-state index in [4.69, 9.17) is 4.74 Å². The minimum absolute atomic E-state index is 0.233. The molecule has 0 unspecified atom stereocenters. The number of benzene rings is 1. The van der Waals surface area contributed by atoms with Crippen molar-refractivity contribution in [3.63, 3.8) is 0 Å². The molecule has 0 fully saturated rings. The Hall–Kier alpha value is -1.87. The fraction of sp³-hybridized carbons (Fsp3) is 0.312. The second-order valence-electron chi connectivity index (χ2n) is 4.44. The van der Waals surface area contributed by atoms with Crippen LogP contribution < -0.4 is 10.1 Å². The second-order valence-corrected chi connectivity index (χ2v) is 4.44. The predicted molar refractivity (Wildman–Crippen MR) is 77.1 cm³/mol. The molecule has 0 saturated carbocycles. The quantitative estimate of drug-likeness (QED) is 0.860. The van der Waals surface area contributed by atoms with Crippen LogP contribution in [0.4, 0.5) is 0 Å². The summed E-state index contributed by atoms with van der Waals surface area (Å²) in [5.74, 6) is 0.923. The van der Waals surface area contributed by atoms with Crippen molar-refractivity contribution >= 4 is 0 Å². The molecule has 0 spiro atoms. The van der Waals surface area contributed by atoms with Gasteiger partial charge in [-0.2, -0.15) is 0 Å². The van der Waals surface area contributed by atoms with E-state index in [1.54, 1.807) is 0 Å². The lowest BCUT2D eigenvalue weighted by atomic mass is 10.1. The molecule has 100 valence electrons. The summed E-state index contributed by atoms with van der Waals surface area (Å²) in [6.45, 7) is 5.61. The summed E-state index contributed by atoms with van der Waals surface area (Å²) in [5.41, 5.74) is 2.28. The minimum atomic E-state index is 0.233. The standard InChI is InChI=1S/C16H20N2O/c1-3-19-15-8-6-7-14(11-15)12-18-13(2)16-9-4-5-10-17-16/h4-11,13,18H,3,12H2,1-2H3/t13-/m1/s1. The summed E-state index contributed by atoms with van der Waals surface area (Å²) in [4.78, 5) is 4.35. The highest BCUT2D eigenvalue weighted by Crippen LogP contribution is 2.15. The van der Waals surface area contributed by atoms with Crippen molar-refractivity contribution in [1.29, 1.82) is 0 Å². The zero-order valence-electron chi connectivity index (χ0n) is 11.5. The van der Waals surface area contributed by atoms with Gasteiger partial charge in [0.05, 0.1) is 12.3 Å². The summed E-state index contributed by atoms with van der Waals surface area (Å²) in [7, 11) is 0. The fourth-order valence-corrected chi connectivity index (χ4v) is 1.92. The highest BCUT2D eigenvalue weighted by Gasteiger charge is 2.05. The summed E-state index contributed by atoms with van der Waals surface area (Å²) in [5, 5.41) is 3.47. The molecule has 0 aliphatic rings. The largest absolute Gasteiger partial charge is 0.494 e. The van der Waals surface area contributed by atoms with Crippen molar-refractivity contribution in [3.05, 3.63) is 59.9 Å². The summed E-state index contributed by atoms with van der Waals surface area (Å²) >= 11 is 0. The van der Waals surface area contributed by atoms with Gasteiger partial charge in [-0.3, -0.25) is 4.98 Å². The van der Waals surface area contributed by atoms with Crippen LogP contribution in [0.5, 0.6) is 5.75 Å². The molecular formula is C16H20N2O. The van der Waals surface area contributed by atoms with E-state index in [0.717, 1.165) is 18.0 Å².